The third-order valence-electron chi connectivity index (χ3n) is 5.69. The number of hydrogen-bond acceptors (Lipinski definition) is 6. The number of rotatable bonds is 5. The van der Waals surface area contributed by atoms with Gasteiger partial charge >= 0.3 is 0 Å². The van der Waals surface area contributed by atoms with Gasteiger partial charge in [-0.25, -0.2) is 9.97 Å². The Kier molecular flexibility index (Phi) is 5.15. The van der Waals surface area contributed by atoms with Crippen molar-refractivity contribution in [3.05, 3.63) is 59.2 Å². The number of pyridine rings is 1. The second-order valence-corrected chi connectivity index (χ2v) is 7.72. The zero-order chi connectivity index (χ0) is 20.5. The second-order valence-electron chi connectivity index (χ2n) is 7.72. The van der Waals surface area contributed by atoms with Gasteiger partial charge in [-0.1, -0.05) is 18.2 Å². The highest BCUT2D eigenvalue weighted by Gasteiger charge is 2.27. The lowest BCUT2D eigenvalue weighted by Crippen LogP contribution is -2.35. The average Bonchev–Trinajstić information content (AvgIpc) is 3.17. The lowest BCUT2D eigenvalue weighted by atomic mass is 10.0. The number of fused-ring (bicyclic) bond motifs is 1. The molecule has 0 radical (unpaired) electrons. The molecule has 1 aliphatic rings. The number of nitrogens with zero attached hydrogens (tertiary/aromatic N) is 4. The summed E-state index contributed by atoms with van der Waals surface area (Å²) in [5, 5.41) is 4.87. The highest BCUT2D eigenvalue weighted by molar-refractivity contribution is 5.89. The summed E-state index contributed by atoms with van der Waals surface area (Å²) in [4.78, 5) is 26.9. The van der Waals surface area contributed by atoms with Gasteiger partial charge in [0.05, 0.1) is 5.52 Å². The van der Waals surface area contributed by atoms with Gasteiger partial charge in [-0.2, -0.15) is 0 Å². The minimum atomic E-state index is -0.596. The third kappa shape index (κ3) is 3.91. The van der Waals surface area contributed by atoms with E-state index in [2.05, 4.69) is 56.4 Å². The molecule has 150 valence electrons. The summed E-state index contributed by atoms with van der Waals surface area (Å²) in [7, 11) is 0. The van der Waals surface area contributed by atoms with Crippen molar-refractivity contribution in [2.24, 2.45) is 5.73 Å². The zero-order valence-corrected chi connectivity index (χ0v) is 17.0. The first kappa shape index (κ1) is 19.3. The van der Waals surface area contributed by atoms with Crippen molar-refractivity contribution in [2.45, 2.75) is 39.3 Å². The first-order valence-electron chi connectivity index (χ1n) is 9.93. The fourth-order valence-electron chi connectivity index (χ4n) is 3.92. The molecular weight excluding hydrogens is 364 g/mol. The highest BCUT2D eigenvalue weighted by atomic mass is 16.1. The summed E-state index contributed by atoms with van der Waals surface area (Å²) in [6.45, 7) is 7.75. The van der Waals surface area contributed by atoms with Crippen molar-refractivity contribution < 1.29 is 4.79 Å². The van der Waals surface area contributed by atoms with Crippen molar-refractivity contribution >= 4 is 22.6 Å². The normalized spacial score (nSPS) is 17.6. The Morgan fingerprint density at radius 1 is 1.28 bits per heavy atom. The van der Waals surface area contributed by atoms with Crippen LogP contribution in [0.1, 0.15) is 46.8 Å². The molecule has 0 bridgehead atoms. The molecular formula is C22H26N6O. The second kappa shape index (κ2) is 7.75. The molecule has 2 aromatic heterocycles. The number of nitrogens with one attached hydrogen (secondary N) is 1. The monoisotopic (exact) mass is 390 g/mol. The molecule has 3 heterocycles. The van der Waals surface area contributed by atoms with E-state index in [0.29, 0.717) is 6.04 Å². The van der Waals surface area contributed by atoms with Crippen LogP contribution in [0.2, 0.25) is 0 Å². The van der Waals surface area contributed by atoms with Gasteiger partial charge in [0, 0.05) is 48.0 Å². The Bertz CT molecular complexity index is 1070. The Morgan fingerprint density at radius 3 is 2.90 bits per heavy atom. The van der Waals surface area contributed by atoms with Gasteiger partial charge in [-0.3, -0.25) is 9.78 Å². The maximum Gasteiger partial charge on any atom is 0.286 e. The van der Waals surface area contributed by atoms with Gasteiger partial charge in [0.1, 0.15) is 5.82 Å². The van der Waals surface area contributed by atoms with E-state index >= 15 is 0 Å². The van der Waals surface area contributed by atoms with Gasteiger partial charge in [0.25, 0.3) is 5.91 Å². The van der Waals surface area contributed by atoms with Gasteiger partial charge < -0.3 is 16.0 Å². The summed E-state index contributed by atoms with van der Waals surface area (Å²) in [5.41, 5.74) is 9.41. The van der Waals surface area contributed by atoms with Crippen LogP contribution in [0, 0.1) is 13.8 Å². The first-order chi connectivity index (χ1) is 13.9. The molecule has 0 aliphatic carbocycles. The highest BCUT2D eigenvalue weighted by Crippen LogP contribution is 2.26. The molecule has 0 spiro atoms. The number of hydrogen-bond donors (Lipinski definition) is 2. The molecule has 1 aromatic carbocycles. The number of aromatic nitrogens is 3. The number of carbonyl (C=O) groups is 1. The fourth-order valence-corrected chi connectivity index (χ4v) is 3.92. The Labute approximate surface area is 170 Å². The van der Waals surface area contributed by atoms with Crippen LogP contribution in [-0.4, -0.2) is 40.0 Å². The molecule has 1 saturated heterocycles. The summed E-state index contributed by atoms with van der Waals surface area (Å²) in [6.07, 6.45) is 2.83. The summed E-state index contributed by atoms with van der Waals surface area (Å²) in [5.74, 6) is 0.288. The van der Waals surface area contributed by atoms with E-state index in [1.165, 1.54) is 5.56 Å². The molecule has 1 aliphatic heterocycles. The molecule has 7 heteroatoms. The van der Waals surface area contributed by atoms with E-state index in [4.69, 9.17) is 5.73 Å². The molecule has 7 nitrogen and oxygen atoms in total. The predicted octanol–water partition coefficient (Wildman–Crippen LogP) is 2.67. The lowest BCUT2D eigenvalue weighted by Gasteiger charge is -2.23. The molecule has 3 N–H and O–H groups in total. The van der Waals surface area contributed by atoms with Crippen LogP contribution in [0.15, 0.2) is 36.5 Å². The first-order valence-corrected chi connectivity index (χ1v) is 9.93. The van der Waals surface area contributed by atoms with Crippen LogP contribution in [0.25, 0.3) is 10.9 Å². The van der Waals surface area contributed by atoms with Crippen LogP contribution in [-0.2, 0) is 0 Å². The number of aryl methyl sites for hydroxylation is 1. The number of anilines is 1. The topological polar surface area (TPSA) is 97.0 Å². The van der Waals surface area contributed by atoms with Gasteiger partial charge in [0.15, 0.2) is 0 Å². The summed E-state index contributed by atoms with van der Waals surface area (Å²) >= 11 is 0. The minimum Gasteiger partial charge on any atom is -0.363 e. The van der Waals surface area contributed by atoms with E-state index in [1.807, 2.05) is 26.1 Å². The number of primary amides is 1. The summed E-state index contributed by atoms with van der Waals surface area (Å²) in [6, 6.07) is 11.0. The number of nitrogens with two attached hydrogens (primary N) is 1. The van der Waals surface area contributed by atoms with Crippen molar-refractivity contribution in [3.63, 3.8) is 0 Å². The molecule has 3 aromatic rings. The quantitative estimate of drug-likeness (QED) is 0.695. The van der Waals surface area contributed by atoms with E-state index in [9.17, 15) is 4.79 Å². The third-order valence-corrected chi connectivity index (χ3v) is 5.69. The van der Waals surface area contributed by atoms with Crippen LogP contribution in [0.4, 0.5) is 5.82 Å². The maximum absolute atomic E-state index is 11.6. The smallest absolute Gasteiger partial charge is 0.286 e. The standard InChI is InChI=1S/C22H26N6O/c1-13-14(2)26-21(20(23)29)27-22(13)28-10-8-18(12-28)25-15(3)17-7-6-16-5-4-9-24-19(16)11-17/h4-7,9,11,15,18,25H,8,10,12H2,1-3H3,(H2,23,29)/t15?,18-/m1/s1. The largest absolute Gasteiger partial charge is 0.363 e. The molecule has 29 heavy (non-hydrogen) atoms. The SMILES string of the molecule is Cc1nc(C(N)=O)nc(N2CC[C@@H](NC(C)c3ccc4cccnc4c3)C2)c1C. The van der Waals surface area contributed by atoms with E-state index < -0.39 is 5.91 Å². The van der Waals surface area contributed by atoms with Crippen molar-refractivity contribution in [1.82, 2.24) is 20.3 Å². The molecule has 1 amide bonds. The van der Waals surface area contributed by atoms with E-state index in [1.54, 1.807) is 0 Å². The van der Waals surface area contributed by atoms with Crippen molar-refractivity contribution in [3.8, 4) is 0 Å². The minimum absolute atomic E-state index is 0.0801. The number of benzene rings is 1. The maximum atomic E-state index is 11.6. The Balaban J connectivity index is 1.48. The Hall–Kier alpha value is -3.06. The molecule has 2 atom stereocenters. The fraction of sp³-hybridized carbons (Fsp3) is 0.364. The number of carbonyl (C=O) groups excluding carboxylic acids is 1. The van der Waals surface area contributed by atoms with Crippen LogP contribution < -0.4 is 16.0 Å². The number of amides is 1. The van der Waals surface area contributed by atoms with Crippen molar-refractivity contribution in [1.29, 1.82) is 0 Å². The zero-order valence-electron chi connectivity index (χ0n) is 17.0. The predicted molar refractivity (Wildman–Crippen MR) is 114 cm³/mol. The van der Waals surface area contributed by atoms with Crippen LogP contribution in [0.5, 0.6) is 0 Å². The van der Waals surface area contributed by atoms with E-state index in [0.717, 1.165) is 47.5 Å². The lowest BCUT2D eigenvalue weighted by molar-refractivity contribution is 0.0990. The summed E-state index contributed by atoms with van der Waals surface area (Å²) < 4.78 is 0. The average molecular weight is 390 g/mol. The Morgan fingerprint density at radius 2 is 2.10 bits per heavy atom. The molecule has 1 unspecified atom stereocenters. The van der Waals surface area contributed by atoms with Gasteiger partial charge in [-0.15, -0.1) is 0 Å². The van der Waals surface area contributed by atoms with E-state index in [-0.39, 0.29) is 11.9 Å². The van der Waals surface area contributed by atoms with Crippen LogP contribution >= 0.6 is 0 Å². The molecule has 1 fully saturated rings. The van der Waals surface area contributed by atoms with Crippen molar-refractivity contribution in [2.75, 3.05) is 18.0 Å². The van der Waals surface area contributed by atoms with Crippen LogP contribution in [0.3, 0.4) is 0 Å². The molecule has 0 saturated carbocycles. The molecule has 4 rings (SSSR count). The van der Waals surface area contributed by atoms with Gasteiger partial charge in [-0.05, 0) is 44.9 Å². The van der Waals surface area contributed by atoms with Gasteiger partial charge in [0.2, 0.25) is 5.82 Å².